The Labute approximate surface area is 116 Å². The fourth-order valence-electron chi connectivity index (χ4n) is 2.23. The first-order valence-corrected chi connectivity index (χ1v) is 7.20. The first-order chi connectivity index (χ1) is 9.26. The molecule has 0 aliphatic rings. The minimum atomic E-state index is 0.166. The van der Waals surface area contributed by atoms with Gasteiger partial charge < -0.3 is 9.73 Å². The normalized spacial score (nSPS) is 12.9. The maximum atomic E-state index is 5.94. The van der Waals surface area contributed by atoms with Crippen LogP contribution in [0.5, 0.6) is 0 Å². The second-order valence-corrected chi connectivity index (χ2v) is 5.64. The van der Waals surface area contributed by atoms with E-state index in [1.807, 2.05) is 24.7 Å². The molecule has 4 heteroatoms. The molecule has 0 saturated heterocycles. The molecule has 0 aliphatic heterocycles. The van der Waals surface area contributed by atoms with E-state index in [2.05, 4.69) is 35.4 Å². The van der Waals surface area contributed by atoms with E-state index in [4.69, 9.17) is 4.42 Å². The topological polar surface area (TPSA) is 38.1 Å². The highest BCUT2D eigenvalue weighted by Crippen LogP contribution is 2.27. The van der Waals surface area contributed by atoms with Crippen molar-refractivity contribution >= 4 is 22.3 Å². The number of fused-ring (bicyclic) bond motifs is 1. The smallest absolute Gasteiger partial charge is 0.134 e. The Bertz CT molecular complexity index is 673. The third kappa shape index (κ3) is 2.55. The number of nitrogens with zero attached hydrogens (tertiary/aromatic N) is 1. The van der Waals surface area contributed by atoms with Crippen molar-refractivity contribution in [2.24, 2.45) is 0 Å². The summed E-state index contributed by atoms with van der Waals surface area (Å²) in [6, 6.07) is 8.55. The second-order valence-electron chi connectivity index (χ2n) is 4.66. The molecule has 0 saturated carbocycles. The van der Waals surface area contributed by atoms with Crippen LogP contribution in [0.25, 0.3) is 11.0 Å². The average molecular weight is 272 g/mol. The van der Waals surface area contributed by atoms with E-state index in [9.17, 15) is 0 Å². The summed E-state index contributed by atoms with van der Waals surface area (Å²) in [6.45, 7) is 2.09. The molecule has 3 nitrogen and oxygen atoms in total. The minimum absolute atomic E-state index is 0.166. The number of aromatic nitrogens is 1. The molecule has 2 heterocycles. The van der Waals surface area contributed by atoms with Gasteiger partial charge in [-0.1, -0.05) is 11.6 Å². The Balaban J connectivity index is 1.92. The zero-order valence-electron chi connectivity index (χ0n) is 11.0. The molecule has 1 aromatic carbocycles. The van der Waals surface area contributed by atoms with Crippen molar-refractivity contribution in [3.8, 4) is 0 Å². The van der Waals surface area contributed by atoms with Crippen molar-refractivity contribution < 1.29 is 4.42 Å². The molecule has 0 amide bonds. The number of rotatable bonds is 4. The van der Waals surface area contributed by atoms with Crippen molar-refractivity contribution in [3.05, 3.63) is 52.2 Å². The molecule has 0 spiro atoms. The van der Waals surface area contributed by atoms with Crippen molar-refractivity contribution in [3.63, 3.8) is 0 Å². The van der Waals surface area contributed by atoms with Gasteiger partial charge in [-0.25, -0.2) is 4.98 Å². The highest BCUT2D eigenvalue weighted by atomic mass is 32.1. The first kappa shape index (κ1) is 12.4. The van der Waals surface area contributed by atoms with Gasteiger partial charge in [-0.2, -0.15) is 0 Å². The maximum Gasteiger partial charge on any atom is 0.134 e. The predicted molar refractivity (Wildman–Crippen MR) is 78.6 cm³/mol. The van der Waals surface area contributed by atoms with E-state index < -0.39 is 0 Å². The van der Waals surface area contributed by atoms with Gasteiger partial charge in [0.15, 0.2) is 0 Å². The Hall–Kier alpha value is -1.65. The van der Waals surface area contributed by atoms with Gasteiger partial charge in [0.2, 0.25) is 0 Å². The number of hydrogen-bond donors (Lipinski definition) is 1. The lowest BCUT2D eigenvalue weighted by atomic mass is 10.1. The standard InChI is InChI=1S/C15H16N2OS/c1-10-3-4-13-11(7-10)8-14(18-13)12(16-2)9-15-17-5-6-19-15/h3-8,12,16H,9H2,1-2H3. The number of furan rings is 1. The van der Waals surface area contributed by atoms with Gasteiger partial charge in [0.25, 0.3) is 0 Å². The molecule has 1 atom stereocenters. The number of thiazole rings is 1. The molecule has 0 radical (unpaired) electrons. The summed E-state index contributed by atoms with van der Waals surface area (Å²) in [7, 11) is 1.96. The minimum Gasteiger partial charge on any atom is -0.459 e. The van der Waals surface area contributed by atoms with Crippen LogP contribution in [0.2, 0.25) is 0 Å². The Morgan fingerprint density at radius 3 is 3.00 bits per heavy atom. The molecule has 2 aromatic heterocycles. The molecular formula is C15H16N2OS. The van der Waals surface area contributed by atoms with Gasteiger partial charge in [-0.15, -0.1) is 11.3 Å². The number of hydrogen-bond acceptors (Lipinski definition) is 4. The fraction of sp³-hybridized carbons (Fsp3) is 0.267. The number of aryl methyl sites for hydroxylation is 1. The van der Waals surface area contributed by atoms with Crippen LogP contribution < -0.4 is 5.32 Å². The Kier molecular flexibility index (Phi) is 3.36. The Morgan fingerprint density at radius 2 is 2.26 bits per heavy atom. The lowest BCUT2D eigenvalue weighted by molar-refractivity contribution is 0.450. The van der Waals surface area contributed by atoms with Crippen LogP contribution in [0, 0.1) is 6.92 Å². The lowest BCUT2D eigenvalue weighted by Gasteiger charge is -2.11. The van der Waals surface area contributed by atoms with Crippen molar-refractivity contribution in [2.45, 2.75) is 19.4 Å². The van der Waals surface area contributed by atoms with E-state index in [1.165, 1.54) is 5.56 Å². The maximum absolute atomic E-state index is 5.94. The molecule has 0 fully saturated rings. The zero-order chi connectivity index (χ0) is 13.2. The second kappa shape index (κ2) is 5.15. The summed E-state index contributed by atoms with van der Waals surface area (Å²) in [6.07, 6.45) is 2.70. The molecule has 0 bridgehead atoms. The van der Waals surface area contributed by atoms with E-state index in [0.29, 0.717) is 0 Å². The summed E-state index contributed by atoms with van der Waals surface area (Å²) >= 11 is 1.68. The quantitative estimate of drug-likeness (QED) is 0.787. The monoisotopic (exact) mass is 272 g/mol. The van der Waals surface area contributed by atoms with E-state index >= 15 is 0 Å². The zero-order valence-corrected chi connectivity index (χ0v) is 11.8. The predicted octanol–water partition coefficient (Wildman–Crippen LogP) is 3.70. The SMILES string of the molecule is CNC(Cc1nccs1)c1cc2cc(C)ccc2o1. The summed E-state index contributed by atoms with van der Waals surface area (Å²) < 4.78 is 5.94. The molecule has 3 rings (SSSR count). The molecule has 3 aromatic rings. The molecule has 0 aliphatic carbocycles. The molecule has 19 heavy (non-hydrogen) atoms. The van der Waals surface area contributed by atoms with Gasteiger partial charge in [0, 0.05) is 23.4 Å². The van der Waals surface area contributed by atoms with Gasteiger partial charge >= 0.3 is 0 Å². The molecule has 1 unspecified atom stereocenters. The molecule has 98 valence electrons. The van der Waals surface area contributed by atoms with E-state index in [0.717, 1.165) is 28.2 Å². The third-order valence-corrected chi connectivity index (χ3v) is 4.05. The van der Waals surface area contributed by atoms with Crippen LogP contribution in [-0.4, -0.2) is 12.0 Å². The van der Waals surface area contributed by atoms with Gasteiger partial charge in [-0.05, 0) is 32.2 Å². The van der Waals surface area contributed by atoms with Crippen LogP contribution in [-0.2, 0) is 6.42 Å². The van der Waals surface area contributed by atoms with Gasteiger partial charge in [0.05, 0.1) is 11.0 Å². The molecule has 1 N–H and O–H groups in total. The molecular weight excluding hydrogens is 256 g/mol. The number of likely N-dealkylation sites (N-methyl/N-ethyl adjacent to an activating group) is 1. The van der Waals surface area contributed by atoms with Crippen LogP contribution in [0.4, 0.5) is 0 Å². The Morgan fingerprint density at radius 1 is 1.37 bits per heavy atom. The van der Waals surface area contributed by atoms with Crippen LogP contribution in [0.15, 0.2) is 40.3 Å². The lowest BCUT2D eigenvalue weighted by Crippen LogP contribution is -2.18. The van der Waals surface area contributed by atoms with Gasteiger partial charge in [-0.3, -0.25) is 0 Å². The summed E-state index contributed by atoms with van der Waals surface area (Å²) in [5, 5.41) is 7.59. The largest absolute Gasteiger partial charge is 0.459 e. The van der Waals surface area contributed by atoms with Crippen LogP contribution in [0.1, 0.15) is 22.4 Å². The van der Waals surface area contributed by atoms with Crippen molar-refractivity contribution in [2.75, 3.05) is 7.05 Å². The average Bonchev–Trinajstić information content (AvgIpc) is 3.03. The summed E-state index contributed by atoms with van der Waals surface area (Å²) in [5.41, 5.74) is 2.20. The first-order valence-electron chi connectivity index (χ1n) is 6.32. The number of benzene rings is 1. The van der Waals surface area contributed by atoms with Crippen LogP contribution in [0.3, 0.4) is 0 Å². The van der Waals surface area contributed by atoms with Crippen LogP contribution >= 0.6 is 11.3 Å². The van der Waals surface area contributed by atoms with Crippen molar-refractivity contribution in [1.82, 2.24) is 10.3 Å². The van der Waals surface area contributed by atoms with Crippen molar-refractivity contribution in [1.29, 1.82) is 0 Å². The summed E-state index contributed by atoms with van der Waals surface area (Å²) in [4.78, 5) is 4.33. The van der Waals surface area contributed by atoms with E-state index in [-0.39, 0.29) is 6.04 Å². The third-order valence-electron chi connectivity index (χ3n) is 3.24. The fourth-order valence-corrected chi connectivity index (χ4v) is 2.89. The summed E-state index contributed by atoms with van der Waals surface area (Å²) in [5.74, 6) is 0.971. The van der Waals surface area contributed by atoms with E-state index in [1.54, 1.807) is 11.3 Å². The van der Waals surface area contributed by atoms with Gasteiger partial charge in [0.1, 0.15) is 11.3 Å². The number of nitrogens with one attached hydrogen (secondary N) is 1. The highest BCUT2D eigenvalue weighted by Gasteiger charge is 2.16. The highest BCUT2D eigenvalue weighted by molar-refractivity contribution is 7.09.